The van der Waals surface area contributed by atoms with E-state index >= 15 is 0 Å². The Morgan fingerprint density at radius 3 is 1.42 bits per heavy atom. The molecule has 0 N–H and O–H groups in total. The highest BCUT2D eigenvalue weighted by Crippen LogP contribution is 2.14. The van der Waals surface area contributed by atoms with Gasteiger partial charge in [0.1, 0.15) is 0 Å². The molecule has 0 saturated carbocycles. The van der Waals surface area contributed by atoms with Gasteiger partial charge >= 0.3 is 0 Å². The molecule has 26 heavy (non-hydrogen) atoms. The van der Waals surface area contributed by atoms with Crippen LogP contribution in [0.15, 0.2) is 60.9 Å². The molecule has 0 aliphatic carbocycles. The van der Waals surface area contributed by atoms with E-state index < -0.39 is 0 Å². The number of benzene rings is 2. The number of halogens is 3. The second-order valence-corrected chi connectivity index (χ2v) is 6.67. The summed E-state index contributed by atoms with van der Waals surface area (Å²) in [6, 6.07) is 13.7. The SMILES string of the molecule is O=C(CN1C=CN(CC(=O)c2ccc(Cl)cc2)C1)c1ccc(Cl)cc1.[Br-]. The molecule has 1 aliphatic heterocycles. The molecule has 0 fully saturated rings. The predicted octanol–water partition coefficient (Wildman–Crippen LogP) is 1.11. The van der Waals surface area contributed by atoms with Gasteiger partial charge in [0, 0.05) is 33.6 Å². The van der Waals surface area contributed by atoms with Crippen molar-refractivity contribution in [3.8, 4) is 0 Å². The maximum absolute atomic E-state index is 12.3. The molecule has 0 saturated heterocycles. The first-order chi connectivity index (χ1) is 12.0. The van der Waals surface area contributed by atoms with E-state index in [1.807, 2.05) is 22.2 Å². The van der Waals surface area contributed by atoms with Crippen LogP contribution in [0.1, 0.15) is 20.7 Å². The normalized spacial score (nSPS) is 12.8. The number of rotatable bonds is 6. The lowest BCUT2D eigenvalue weighted by molar-refractivity contribution is -0.0000211. The summed E-state index contributed by atoms with van der Waals surface area (Å²) in [5, 5.41) is 1.20. The van der Waals surface area contributed by atoms with Gasteiger partial charge in [-0.1, -0.05) is 23.2 Å². The maximum Gasteiger partial charge on any atom is 0.182 e. The summed E-state index contributed by atoms with van der Waals surface area (Å²) < 4.78 is 0. The number of carbonyl (C=O) groups excluding carboxylic acids is 2. The van der Waals surface area contributed by atoms with Crippen molar-refractivity contribution < 1.29 is 26.6 Å². The summed E-state index contributed by atoms with van der Waals surface area (Å²) in [4.78, 5) is 28.3. The van der Waals surface area contributed by atoms with Crippen molar-refractivity contribution >= 4 is 34.8 Å². The molecule has 0 aromatic heterocycles. The van der Waals surface area contributed by atoms with Crippen LogP contribution >= 0.6 is 23.2 Å². The summed E-state index contributed by atoms with van der Waals surface area (Å²) >= 11 is 11.7. The number of nitrogens with zero attached hydrogens (tertiary/aromatic N) is 2. The van der Waals surface area contributed by atoms with Crippen LogP contribution in [0.4, 0.5) is 0 Å². The van der Waals surface area contributed by atoms with E-state index in [-0.39, 0.29) is 41.6 Å². The molecule has 0 atom stereocenters. The molecule has 2 aromatic rings. The van der Waals surface area contributed by atoms with E-state index in [0.29, 0.717) is 27.8 Å². The molecular weight excluding hydrogens is 439 g/mol. The zero-order valence-electron chi connectivity index (χ0n) is 13.7. The van der Waals surface area contributed by atoms with Crippen LogP contribution in [0, 0.1) is 0 Å². The van der Waals surface area contributed by atoms with Crippen molar-refractivity contribution in [2.24, 2.45) is 0 Å². The summed E-state index contributed by atoms with van der Waals surface area (Å²) in [6.45, 7) is 1.01. The Morgan fingerprint density at radius 2 is 1.08 bits per heavy atom. The lowest BCUT2D eigenvalue weighted by atomic mass is 10.1. The lowest BCUT2D eigenvalue weighted by Gasteiger charge is -2.20. The van der Waals surface area contributed by atoms with E-state index in [1.165, 1.54) is 0 Å². The molecule has 1 heterocycles. The summed E-state index contributed by atoms with van der Waals surface area (Å²) in [7, 11) is 0. The average Bonchev–Trinajstić information content (AvgIpc) is 3.02. The number of hydrogen-bond donors (Lipinski definition) is 0. The minimum absolute atomic E-state index is 0. The van der Waals surface area contributed by atoms with Gasteiger partial charge in [0.05, 0.1) is 19.8 Å². The number of carbonyl (C=O) groups is 2. The van der Waals surface area contributed by atoms with Crippen LogP contribution < -0.4 is 17.0 Å². The van der Waals surface area contributed by atoms with Crippen LogP contribution in [-0.2, 0) is 0 Å². The minimum Gasteiger partial charge on any atom is -1.00 e. The van der Waals surface area contributed by atoms with Gasteiger partial charge in [0.25, 0.3) is 0 Å². The molecule has 0 unspecified atom stereocenters. The van der Waals surface area contributed by atoms with Gasteiger partial charge in [-0.15, -0.1) is 0 Å². The zero-order valence-corrected chi connectivity index (χ0v) is 16.8. The van der Waals surface area contributed by atoms with Crippen molar-refractivity contribution in [2.75, 3.05) is 19.8 Å². The summed E-state index contributed by atoms with van der Waals surface area (Å²) in [6.07, 6.45) is 3.64. The van der Waals surface area contributed by atoms with Crippen molar-refractivity contribution in [3.63, 3.8) is 0 Å². The Bertz CT molecular complexity index is 740. The molecule has 7 heteroatoms. The Hall–Kier alpha value is -1.82. The molecule has 0 radical (unpaired) electrons. The van der Waals surface area contributed by atoms with Gasteiger partial charge in [-0.25, -0.2) is 0 Å². The van der Waals surface area contributed by atoms with E-state index in [0.717, 1.165) is 0 Å². The van der Waals surface area contributed by atoms with Crippen LogP contribution in [0.25, 0.3) is 0 Å². The second-order valence-electron chi connectivity index (χ2n) is 5.79. The molecule has 136 valence electrons. The fourth-order valence-electron chi connectivity index (χ4n) is 2.54. The number of ketones is 2. The highest BCUT2D eigenvalue weighted by atomic mass is 79.9. The summed E-state index contributed by atoms with van der Waals surface area (Å²) in [5.74, 6) is 0.0133. The van der Waals surface area contributed by atoms with Gasteiger partial charge in [0.2, 0.25) is 0 Å². The van der Waals surface area contributed by atoms with E-state index in [1.54, 1.807) is 48.5 Å². The van der Waals surface area contributed by atoms with E-state index in [9.17, 15) is 9.59 Å². The third-order valence-corrected chi connectivity index (χ3v) is 4.38. The van der Waals surface area contributed by atoms with Gasteiger partial charge in [0.15, 0.2) is 11.6 Å². The highest BCUT2D eigenvalue weighted by Gasteiger charge is 2.18. The van der Waals surface area contributed by atoms with Gasteiger partial charge in [-0.2, -0.15) is 0 Å². The Balaban J connectivity index is 0.00000243. The van der Waals surface area contributed by atoms with Crippen molar-refractivity contribution in [1.29, 1.82) is 0 Å². The number of Topliss-reactive ketones (excluding diaryl/α,β-unsaturated/α-hetero) is 2. The minimum atomic E-state index is 0. The summed E-state index contributed by atoms with van der Waals surface area (Å²) in [5.41, 5.74) is 1.24. The zero-order chi connectivity index (χ0) is 17.8. The van der Waals surface area contributed by atoms with E-state index in [2.05, 4.69) is 0 Å². The highest BCUT2D eigenvalue weighted by molar-refractivity contribution is 6.31. The molecule has 4 nitrogen and oxygen atoms in total. The Kier molecular flexibility index (Phi) is 7.26. The molecule has 0 spiro atoms. The Labute approximate surface area is 172 Å². The fraction of sp³-hybridized carbons (Fsp3) is 0.158. The van der Waals surface area contributed by atoms with Gasteiger partial charge in [-0.3, -0.25) is 9.59 Å². The van der Waals surface area contributed by atoms with Crippen molar-refractivity contribution in [3.05, 3.63) is 82.1 Å². The lowest BCUT2D eigenvalue weighted by Crippen LogP contribution is -3.00. The number of hydrogen-bond acceptors (Lipinski definition) is 4. The topological polar surface area (TPSA) is 40.6 Å². The molecule has 3 rings (SSSR count). The predicted molar refractivity (Wildman–Crippen MR) is 99.0 cm³/mol. The largest absolute Gasteiger partial charge is 1.00 e. The third kappa shape index (κ3) is 5.34. The first kappa shape index (κ1) is 20.5. The third-order valence-electron chi connectivity index (χ3n) is 3.88. The van der Waals surface area contributed by atoms with Gasteiger partial charge in [-0.05, 0) is 48.5 Å². The smallest absolute Gasteiger partial charge is 0.182 e. The van der Waals surface area contributed by atoms with Crippen LogP contribution in [0.5, 0.6) is 0 Å². The van der Waals surface area contributed by atoms with Gasteiger partial charge < -0.3 is 26.8 Å². The monoisotopic (exact) mass is 453 g/mol. The molecule has 2 aromatic carbocycles. The first-order valence-corrected chi connectivity index (χ1v) is 8.51. The van der Waals surface area contributed by atoms with Crippen molar-refractivity contribution in [1.82, 2.24) is 9.80 Å². The maximum atomic E-state index is 12.3. The fourth-order valence-corrected chi connectivity index (χ4v) is 2.80. The quantitative estimate of drug-likeness (QED) is 0.613. The molecule has 0 bridgehead atoms. The van der Waals surface area contributed by atoms with Crippen LogP contribution in [0.3, 0.4) is 0 Å². The molecule has 1 aliphatic rings. The average molecular weight is 455 g/mol. The standard InChI is InChI=1S/C19H16Cl2N2O2.BrH/c20-16-5-1-14(2-6-16)18(24)11-22-9-10-23(13-22)12-19(25)15-3-7-17(21)8-4-15;/h1-10H,11-13H2;1H/p-1. The molecular formula is C19H16BrCl2N2O2-. The van der Waals surface area contributed by atoms with E-state index in [4.69, 9.17) is 23.2 Å². The van der Waals surface area contributed by atoms with Crippen LogP contribution in [0.2, 0.25) is 10.0 Å². The second kappa shape index (κ2) is 9.21. The van der Waals surface area contributed by atoms with Crippen molar-refractivity contribution in [2.45, 2.75) is 0 Å². The first-order valence-electron chi connectivity index (χ1n) is 7.75. The Morgan fingerprint density at radius 1 is 0.731 bits per heavy atom. The molecule has 0 amide bonds. The van der Waals surface area contributed by atoms with Crippen LogP contribution in [-0.4, -0.2) is 41.1 Å².